The van der Waals surface area contributed by atoms with Crippen molar-refractivity contribution in [3.05, 3.63) is 129 Å². The number of rotatable bonds is 30. The van der Waals surface area contributed by atoms with E-state index >= 15 is 0 Å². The lowest BCUT2D eigenvalue weighted by Crippen LogP contribution is -2.21. The average Bonchev–Trinajstić information content (AvgIpc) is 4.15. The molecule has 1 atom stereocenters. The summed E-state index contributed by atoms with van der Waals surface area (Å²) < 4.78 is 28.1. The predicted octanol–water partition coefficient (Wildman–Crippen LogP) is 21.2. The average molecular weight is 954 g/mol. The molecule has 6 aromatic rings. The largest absolute Gasteiger partial charge is 0.207 e. The molecular formula is C59H78F2S4. The van der Waals surface area contributed by atoms with Crippen molar-refractivity contribution in [2.75, 3.05) is 0 Å². The molecule has 352 valence electrons. The Morgan fingerprint density at radius 1 is 0.385 bits per heavy atom. The molecule has 0 aliphatic rings. The maximum absolute atomic E-state index is 14.1. The van der Waals surface area contributed by atoms with Crippen LogP contribution < -0.4 is 0 Å². The van der Waals surface area contributed by atoms with Crippen LogP contribution in [-0.4, -0.2) is 0 Å². The van der Waals surface area contributed by atoms with Crippen LogP contribution in [0.2, 0.25) is 0 Å². The number of hydrogen-bond acceptors (Lipinski definition) is 4. The SMILES string of the molecule is CCCCCCCCCCCCc1cc(C(C)(C)c2ccc(F)cc2)sc1-c1ccc(-c2ccc(-c3sc(C(C)(CC)c4ccc(F)cc4)cc3CCCCCCCCCCCC)s2)s1. The van der Waals surface area contributed by atoms with E-state index in [-0.39, 0.29) is 22.5 Å². The van der Waals surface area contributed by atoms with Gasteiger partial charge in [0.2, 0.25) is 0 Å². The van der Waals surface area contributed by atoms with Gasteiger partial charge in [0.1, 0.15) is 11.6 Å². The lowest BCUT2D eigenvalue weighted by atomic mass is 9.78. The first-order chi connectivity index (χ1) is 31.6. The van der Waals surface area contributed by atoms with Gasteiger partial charge in [0, 0.05) is 49.8 Å². The fraction of sp³-hybridized carbons (Fsp3) is 0.525. The molecule has 0 saturated carbocycles. The summed E-state index contributed by atoms with van der Waals surface area (Å²) in [6.07, 6.45) is 29.9. The molecule has 0 aliphatic heterocycles. The van der Waals surface area contributed by atoms with E-state index in [0.29, 0.717) is 0 Å². The fourth-order valence-corrected chi connectivity index (χ4v) is 14.5. The highest BCUT2D eigenvalue weighted by Crippen LogP contribution is 2.49. The van der Waals surface area contributed by atoms with E-state index in [9.17, 15) is 8.78 Å². The van der Waals surface area contributed by atoms with Crippen molar-refractivity contribution in [3.63, 3.8) is 0 Å². The Bertz CT molecular complexity index is 2260. The second-order valence-electron chi connectivity index (χ2n) is 19.4. The van der Waals surface area contributed by atoms with E-state index < -0.39 is 0 Å². The highest BCUT2D eigenvalue weighted by atomic mass is 32.1. The van der Waals surface area contributed by atoms with Crippen LogP contribution in [0.15, 0.2) is 84.9 Å². The van der Waals surface area contributed by atoms with Gasteiger partial charge >= 0.3 is 0 Å². The Kier molecular flexibility index (Phi) is 20.6. The van der Waals surface area contributed by atoms with Crippen LogP contribution in [0, 0.1) is 11.6 Å². The summed E-state index contributed by atoms with van der Waals surface area (Å²) in [5.74, 6) is -0.364. The maximum atomic E-state index is 14.1. The van der Waals surface area contributed by atoms with Crippen molar-refractivity contribution in [2.24, 2.45) is 0 Å². The molecule has 0 nitrogen and oxygen atoms in total. The summed E-state index contributed by atoms with van der Waals surface area (Å²) in [5, 5.41) is 0. The summed E-state index contributed by atoms with van der Waals surface area (Å²) >= 11 is 7.76. The molecule has 0 N–H and O–H groups in total. The van der Waals surface area contributed by atoms with Crippen molar-refractivity contribution in [2.45, 2.75) is 200 Å². The van der Waals surface area contributed by atoms with E-state index in [0.717, 1.165) is 24.8 Å². The van der Waals surface area contributed by atoms with Gasteiger partial charge in [0.05, 0.1) is 0 Å². The number of thiophene rings is 4. The Morgan fingerprint density at radius 3 is 1.15 bits per heavy atom. The maximum Gasteiger partial charge on any atom is 0.123 e. The molecule has 6 rings (SSSR count). The van der Waals surface area contributed by atoms with Crippen LogP contribution >= 0.6 is 45.3 Å². The van der Waals surface area contributed by atoms with Gasteiger partial charge in [-0.15, -0.1) is 45.3 Å². The summed E-state index contributed by atoms with van der Waals surface area (Å²) in [7, 11) is 0. The zero-order valence-electron chi connectivity index (χ0n) is 40.7. The monoisotopic (exact) mass is 952 g/mol. The third-order valence-electron chi connectivity index (χ3n) is 14.0. The summed E-state index contributed by atoms with van der Waals surface area (Å²) in [6, 6.07) is 28.7. The first-order valence-electron chi connectivity index (χ1n) is 25.6. The van der Waals surface area contributed by atoms with Gasteiger partial charge in [0.25, 0.3) is 0 Å². The number of hydrogen-bond donors (Lipinski definition) is 0. The Balaban J connectivity index is 1.21. The van der Waals surface area contributed by atoms with Crippen molar-refractivity contribution in [1.82, 2.24) is 0 Å². The standard InChI is InChI=1S/C59H78F2S4/c1-7-10-12-14-16-18-20-22-24-26-28-44-42-54(58(4,5)46-30-34-48(60)35-31-46)64-56(44)52-40-38-50(62-52)51-39-41-53(63-51)57-45(29-27-25-23-21-19-17-15-13-11-8-2)43-55(65-57)59(6,9-3)47-32-36-49(61)37-33-47/h30-43H,7-29H2,1-6H3. The molecule has 0 amide bonds. The van der Waals surface area contributed by atoms with Crippen molar-refractivity contribution >= 4 is 45.3 Å². The Labute approximate surface area is 409 Å². The summed E-state index contributed by atoms with van der Waals surface area (Å²) in [6.45, 7) is 13.8. The van der Waals surface area contributed by atoms with Crippen LogP contribution in [0.1, 0.15) is 208 Å². The van der Waals surface area contributed by atoms with Crippen LogP contribution in [0.4, 0.5) is 8.78 Å². The molecule has 4 heterocycles. The molecule has 0 fully saturated rings. The quantitative estimate of drug-likeness (QED) is 0.0395. The van der Waals surface area contributed by atoms with Crippen molar-refractivity contribution in [3.8, 4) is 29.3 Å². The predicted molar refractivity (Wildman–Crippen MR) is 287 cm³/mol. The van der Waals surface area contributed by atoms with Gasteiger partial charge in [-0.25, -0.2) is 8.78 Å². The topological polar surface area (TPSA) is 0 Å². The fourth-order valence-electron chi connectivity index (χ4n) is 9.36. The molecule has 0 radical (unpaired) electrons. The van der Waals surface area contributed by atoms with Crippen LogP contribution in [0.25, 0.3) is 29.3 Å². The molecule has 1 unspecified atom stereocenters. The molecule has 0 bridgehead atoms. The minimum Gasteiger partial charge on any atom is -0.207 e. The van der Waals surface area contributed by atoms with E-state index in [4.69, 9.17) is 0 Å². The van der Waals surface area contributed by atoms with Gasteiger partial charge in [-0.3, -0.25) is 0 Å². The van der Waals surface area contributed by atoms with Crippen molar-refractivity contribution in [1.29, 1.82) is 0 Å². The molecule has 65 heavy (non-hydrogen) atoms. The van der Waals surface area contributed by atoms with Crippen molar-refractivity contribution < 1.29 is 8.78 Å². The number of aryl methyl sites for hydroxylation is 2. The number of halogens is 2. The normalized spacial score (nSPS) is 12.9. The van der Waals surface area contributed by atoms with Gasteiger partial charge < -0.3 is 0 Å². The van der Waals surface area contributed by atoms with Gasteiger partial charge in [-0.05, 0) is 115 Å². The zero-order chi connectivity index (χ0) is 46.1. The van der Waals surface area contributed by atoms with Crippen LogP contribution in [0.3, 0.4) is 0 Å². The van der Waals surface area contributed by atoms with E-state index in [1.807, 2.05) is 69.6 Å². The van der Waals surface area contributed by atoms with Gasteiger partial charge in [-0.1, -0.05) is 181 Å². The molecule has 0 spiro atoms. The minimum absolute atomic E-state index is 0.178. The number of unbranched alkanes of at least 4 members (excludes halogenated alkanes) is 18. The molecule has 2 aromatic carbocycles. The van der Waals surface area contributed by atoms with Crippen LogP contribution in [-0.2, 0) is 23.7 Å². The molecular weight excluding hydrogens is 875 g/mol. The van der Waals surface area contributed by atoms with E-state index in [1.165, 1.54) is 184 Å². The molecule has 0 saturated heterocycles. The second-order valence-corrected chi connectivity index (χ2v) is 23.7. The van der Waals surface area contributed by atoms with Gasteiger partial charge in [-0.2, -0.15) is 0 Å². The van der Waals surface area contributed by atoms with Gasteiger partial charge in [0.15, 0.2) is 0 Å². The Hall–Kier alpha value is -2.90. The third-order valence-corrected chi connectivity index (χ3v) is 19.7. The molecule has 4 aromatic heterocycles. The first-order valence-corrected chi connectivity index (χ1v) is 28.8. The summed E-state index contributed by atoms with van der Waals surface area (Å²) in [5.41, 5.74) is 4.87. The first kappa shape index (κ1) is 51.5. The summed E-state index contributed by atoms with van der Waals surface area (Å²) in [4.78, 5) is 10.9. The highest BCUT2D eigenvalue weighted by Gasteiger charge is 2.31. The zero-order valence-corrected chi connectivity index (χ0v) is 44.0. The van der Waals surface area contributed by atoms with E-state index in [1.54, 1.807) is 24.3 Å². The smallest absolute Gasteiger partial charge is 0.123 e. The second kappa shape index (κ2) is 26.0. The van der Waals surface area contributed by atoms with Crippen LogP contribution in [0.5, 0.6) is 0 Å². The lowest BCUT2D eigenvalue weighted by molar-refractivity contribution is 0.553. The molecule has 6 heteroatoms. The lowest BCUT2D eigenvalue weighted by Gasteiger charge is -2.28. The Morgan fingerprint density at radius 2 is 0.738 bits per heavy atom. The molecule has 0 aliphatic carbocycles. The van der Waals surface area contributed by atoms with E-state index in [2.05, 4.69) is 77.9 Å². The minimum atomic E-state index is -0.221. The number of benzene rings is 2. The highest BCUT2D eigenvalue weighted by molar-refractivity contribution is 7.28. The third kappa shape index (κ3) is 14.3.